The van der Waals surface area contributed by atoms with E-state index in [1.54, 1.807) is 72.2 Å². The Bertz CT molecular complexity index is 944. The van der Waals surface area contributed by atoms with Crippen molar-refractivity contribution in [2.24, 2.45) is 0 Å². The number of hydrogen-bond donors (Lipinski definition) is 2. The molecule has 1 amide bonds. The van der Waals surface area contributed by atoms with Crippen LogP contribution in [0.2, 0.25) is 0 Å². The largest absolute Gasteiger partial charge is 0.573 e. The van der Waals surface area contributed by atoms with Crippen LogP contribution in [0.5, 0.6) is 5.75 Å². The van der Waals surface area contributed by atoms with Crippen molar-refractivity contribution in [2.75, 3.05) is 0 Å². The number of halogens is 3. The van der Waals surface area contributed by atoms with Crippen molar-refractivity contribution in [3.8, 4) is 16.9 Å². The summed E-state index contributed by atoms with van der Waals surface area (Å²) in [6, 6.07) is 21.1. The molecule has 28 heavy (non-hydrogen) atoms. The molecule has 3 rings (SSSR count). The topological polar surface area (TPSA) is 58.6 Å². The van der Waals surface area contributed by atoms with Crippen molar-refractivity contribution in [3.63, 3.8) is 0 Å². The van der Waals surface area contributed by atoms with Gasteiger partial charge in [0.2, 0.25) is 0 Å². The average molecular weight is 387 g/mol. The average Bonchev–Trinajstić information content (AvgIpc) is 2.68. The van der Waals surface area contributed by atoms with Crippen LogP contribution in [-0.4, -0.2) is 17.5 Å². The second-order valence-corrected chi connectivity index (χ2v) is 5.99. The van der Waals surface area contributed by atoms with E-state index in [-0.39, 0.29) is 11.1 Å². The zero-order valence-electron chi connectivity index (χ0n) is 14.5. The highest BCUT2D eigenvalue weighted by atomic mass is 19.4. The summed E-state index contributed by atoms with van der Waals surface area (Å²) in [5.74, 6) is -2.20. The van der Waals surface area contributed by atoms with Crippen LogP contribution in [0.3, 0.4) is 0 Å². The molecule has 0 aliphatic heterocycles. The third kappa shape index (κ3) is 4.50. The summed E-state index contributed by atoms with van der Waals surface area (Å²) in [4.78, 5) is 12.2. The molecular formula is C21H16F3NO3. The summed E-state index contributed by atoms with van der Waals surface area (Å²) in [7, 11) is 0. The lowest BCUT2D eigenvalue weighted by Gasteiger charge is -2.19. The number of nitrogens with one attached hydrogen (secondary N) is 1. The summed E-state index contributed by atoms with van der Waals surface area (Å²) in [5, 5.41) is 9.11. The first-order valence-electron chi connectivity index (χ1n) is 8.33. The van der Waals surface area contributed by atoms with Gasteiger partial charge in [-0.15, -0.1) is 13.2 Å². The number of ether oxygens (including phenoxy) is 1. The van der Waals surface area contributed by atoms with Gasteiger partial charge in [-0.1, -0.05) is 72.8 Å². The maximum absolute atomic E-state index is 13.0. The lowest BCUT2D eigenvalue weighted by atomic mass is 9.89. The zero-order chi connectivity index (χ0) is 20.1. The van der Waals surface area contributed by atoms with Crippen molar-refractivity contribution < 1.29 is 27.9 Å². The molecule has 2 N–H and O–H groups in total. The van der Waals surface area contributed by atoms with Crippen LogP contribution in [0.4, 0.5) is 13.2 Å². The number of hydrogen-bond acceptors (Lipinski definition) is 3. The molecule has 144 valence electrons. The van der Waals surface area contributed by atoms with E-state index in [9.17, 15) is 18.0 Å². The van der Waals surface area contributed by atoms with Crippen LogP contribution in [0.25, 0.3) is 11.1 Å². The second-order valence-electron chi connectivity index (χ2n) is 5.99. The minimum absolute atomic E-state index is 0.234. The predicted molar refractivity (Wildman–Crippen MR) is 96.8 cm³/mol. The first-order valence-corrected chi connectivity index (χ1v) is 8.33. The Labute approximate surface area is 159 Å². The normalized spacial score (nSPS) is 12.3. The first-order chi connectivity index (χ1) is 13.4. The van der Waals surface area contributed by atoms with E-state index < -0.39 is 23.9 Å². The van der Waals surface area contributed by atoms with Crippen molar-refractivity contribution in [1.82, 2.24) is 5.48 Å². The summed E-state index contributed by atoms with van der Waals surface area (Å²) >= 11 is 0. The fourth-order valence-electron chi connectivity index (χ4n) is 2.99. The Morgan fingerprint density at radius 2 is 1.50 bits per heavy atom. The maximum Gasteiger partial charge on any atom is 0.573 e. The SMILES string of the molecule is O=C(NO)C(c1ccccc1)c1ccc(-c2ccccc2)c(OC(F)(F)F)c1. The van der Waals surface area contributed by atoms with E-state index in [1.165, 1.54) is 12.1 Å². The third-order valence-corrected chi connectivity index (χ3v) is 4.15. The molecule has 4 nitrogen and oxygen atoms in total. The number of rotatable bonds is 5. The lowest BCUT2D eigenvalue weighted by Crippen LogP contribution is -2.27. The van der Waals surface area contributed by atoms with Gasteiger partial charge in [-0.05, 0) is 22.8 Å². The lowest BCUT2D eigenvalue weighted by molar-refractivity contribution is -0.274. The highest BCUT2D eigenvalue weighted by Crippen LogP contribution is 2.37. The van der Waals surface area contributed by atoms with Crippen molar-refractivity contribution >= 4 is 5.91 Å². The van der Waals surface area contributed by atoms with Crippen LogP contribution in [0.1, 0.15) is 17.0 Å². The van der Waals surface area contributed by atoms with E-state index in [0.29, 0.717) is 11.1 Å². The van der Waals surface area contributed by atoms with Crippen molar-refractivity contribution in [3.05, 3.63) is 90.0 Å². The van der Waals surface area contributed by atoms with E-state index in [2.05, 4.69) is 4.74 Å². The van der Waals surface area contributed by atoms with E-state index in [1.807, 2.05) is 0 Å². The number of benzene rings is 3. The number of amides is 1. The molecule has 0 aromatic heterocycles. The summed E-state index contributed by atoms with van der Waals surface area (Å²) < 4.78 is 43.2. The Kier molecular flexibility index (Phi) is 5.65. The predicted octanol–water partition coefficient (Wildman–Crippen LogP) is 4.89. The van der Waals surface area contributed by atoms with E-state index >= 15 is 0 Å². The highest BCUT2D eigenvalue weighted by molar-refractivity contribution is 5.87. The molecule has 3 aromatic carbocycles. The number of carbonyl (C=O) groups excluding carboxylic acids is 1. The number of carbonyl (C=O) groups is 1. The second kappa shape index (κ2) is 8.14. The molecule has 3 aromatic rings. The molecular weight excluding hydrogens is 371 g/mol. The maximum atomic E-state index is 13.0. The quantitative estimate of drug-likeness (QED) is 0.484. The molecule has 1 unspecified atom stereocenters. The smallest absolute Gasteiger partial charge is 0.405 e. The van der Waals surface area contributed by atoms with Crippen LogP contribution in [0.15, 0.2) is 78.9 Å². The molecule has 0 aliphatic rings. The van der Waals surface area contributed by atoms with Crippen LogP contribution in [0, 0.1) is 0 Å². The number of alkyl halides is 3. The minimum Gasteiger partial charge on any atom is -0.405 e. The molecule has 0 fully saturated rings. The summed E-state index contributed by atoms with van der Waals surface area (Å²) in [6.07, 6.45) is -4.90. The van der Waals surface area contributed by atoms with Gasteiger partial charge in [0.25, 0.3) is 5.91 Å². The summed E-state index contributed by atoms with van der Waals surface area (Å²) in [6.45, 7) is 0. The highest BCUT2D eigenvalue weighted by Gasteiger charge is 2.33. The summed E-state index contributed by atoms with van der Waals surface area (Å²) in [5.41, 5.74) is 3.11. The van der Waals surface area contributed by atoms with Gasteiger partial charge in [0.05, 0.1) is 5.92 Å². The molecule has 0 aliphatic carbocycles. The van der Waals surface area contributed by atoms with Crippen LogP contribution >= 0.6 is 0 Å². The van der Waals surface area contributed by atoms with Gasteiger partial charge in [0.15, 0.2) is 0 Å². The van der Waals surface area contributed by atoms with Crippen LogP contribution in [-0.2, 0) is 4.79 Å². The van der Waals surface area contributed by atoms with E-state index in [4.69, 9.17) is 5.21 Å². The fraction of sp³-hybridized carbons (Fsp3) is 0.0952. The molecule has 0 radical (unpaired) electrons. The monoisotopic (exact) mass is 387 g/mol. The Morgan fingerprint density at radius 1 is 0.893 bits per heavy atom. The van der Waals surface area contributed by atoms with Gasteiger partial charge in [-0.3, -0.25) is 10.0 Å². The standard InChI is InChI=1S/C21H16F3NO3/c22-21(23,24)28-18-13-16(11-12-17(18)14-7-3-1-4-8-14)19(20(26)25-27)15-9-5-2-6-10-15/h1-13,19,27H,(H,25,26). The molecule has 1 atom stereocenters. The van der Waals surface area contributed by atoms with Crippen molar-refractivity contribution in [1.29, 1.82) is 0 Å². The molecule has 7 heteroatoms. The zero-order valence-corrected chi connectivity index (χ0v) is 14.5. The molecule has 0 spiro atoms. The number of hydroxylamine groups is 1. The van der Waals surface area contributed by atoms with Crippen molar-refractivity contribution in [2.45, 2.75) is 12.3 Å². The Hall–Kier alpha value is -3.32. The molecule has 0 saturated carbocycles. The van der Waals surface area contributed by atoms with E-state index in [0.717, 1.165) is 0 Å². The fourth-order valence-corrected chi connectivity index (χ4v) is 2.99. The van der Waals surface area contributed by atoms with Crippen LogP contribution < -0.4 is 10.2 Å². The van der Waals surface area contributed by atoms with Gasteiger partial charge in [0.1, 0.15) is 5.75 Å². The first kappa shape index (κ1) is 19.4. The van der Waals surface area contributed by atoms with Gasteiger partial charge in [0, 0.05) is 5.56 Å². The molecule has 0 bridgehead atoms. The third-order valence-electron chi connectivity index (χ3n) is 4.15. The Morgan fingerprint density at radius 3 is 2.07 bits per heavy atom. The Balaban J connectivity index is 2.13. The minimum atomic E-state index is -4.90. The molecule has 0 saturated heterocycles. The van der Waals surface area contributed by atoms with Gasteiger partial charge in [-0.25, -0.2) is 5.48 Å². The van der Waals surface area contributed by atoms with Gasteiger partial charge >= 0.3 is 6.36 Å². The molecule has 0 heterocycles. The van der Waals surface area contributed by atoms with Gasteiger partial charge in [-0.2, -0.15) is 0 Å². The van der Waals surface area contributed by atoms with Gasteiger partial charge < -0.3 is 4.74 Å².